The van der Waals surface area contributed by atoms with E-state index in [9.17, 15) is 39.0 Å². The number of benzene rings is 9. The lowest BCUT2D eigenvalue weighted by Crippen LogP contribution is -2.37. The highest BCUT2D eigenvalue weighted by Crippen LogP contribution is 2.38. The van der Waals surface area contributed by atoms with Crippen LogP contribution in [-0.2, 0) is 17.6 Å². The van der Waals surface area contributed by atoms with Crippen molar-refractivity contribution in [1.82, 2.24) is 50.0 Å². The highest BCUT2D eigenvalue weighted by Gasteiger charge is 2.34. The number of nitrogens with zero attached hydrogens (tertiary/aromatic N) is 8. The van der Waals surface area contributed by atoms with Crippen LogP contribution in [0.1, 0.15) is 103 Å². The molecule has 31 heteroatoms. The van der Waals surface area contributed by atoms with E-state index in [-0.39, 0.29) is 55.9 Å². The van der Waals surface area contributed by atoms with Crippen LogP contribution in [0.4, 0.5) is 28.6 Å². The summed E-state index contributed by atoms with van der Waals surface area (Å²) >= 11 is 39.3. The predicted molar refractivity (Wildman–Crippen MR) is 508 cm³/mol. The Labute approximate surface area is 775 Å². The molecule has 9 N–H and O–H groups in total. The van der Waals surface area contributed by atoms with Crippen molar-refractivity contribution >= 4 is 155 Å². The first-order valence-corrected chi connectivity index (χ1v) is 43.8. The summed E-state index contributed by atoms with van der Waals surface area (Å²) in [5.74, 6) is -1.32. The van der Waals surface area contributed by atoms with E-state index in [4.69, 9.17) is 74.3 Å². The van der Waals surface area contributed by atoms with E-state index in [0.717, 1.165) is 101 Å². The van der Waals surface area contributed by atoms with Crippen LogP contribution in [0.5, 0.6) is 0 Å². The van der Waals surface area contributed by atoms with Gasteiger partial charge in [0.15, 0.2) is 0 Å². The quantitative estimate of drug-likeness (QED) is 0.0302. The van der Waals surface area contributed by atoms with Gasteiger partial charge in [-0.2, -0.15) is 0 Å². The van der Waals surface area contributed by atoms with Gasteiger partial charge < -0.3 is 52.2 Å². The van der Waals surface area contributed by atoms with Gasteiger partial charge in [0.1, 0.15) is 11.3 Å². The number of halogens is 6. The lowest BCUT2D eigenvalue weighted by molar-refractivity contribution is 0.0378. The summed E-state index contributed by atoms with van der Waals surface area (Å²) in [6.45, 7) is 5.51. The van der Waals surface area contributed by atoms with Crippen molar-refractivity contribution in [2.45, 2.75) is 43.6 Å². The maximum Gasteiger partial charge on any atom is 0.257 e. The zero-order chi connectivity index (χ0) is 89.9. The Bertz CT molecular complexity index is 6350. The summed E-state index contributed by atoms with van der Waals surface area (Å²) in [5.41, 5.74) is 14.6. The van der Waals surface area contributed by atoms with Gasteiger partial charge in [0.05, 0.1) is 112 Å². The van der Waals surface area contributed by atoms with Crippen molar-refractivity contribution in [3.8, 4) is 45.0 Å². The van der Waals surface area contributed by atoms with Gasteiger partial charge in [-0.15, -0.1) is 5.10 Å². The highest BCUT2D eigenvalue weighted by molar-refractivity contribution is 7.12. The third-order valence-corrected chi connectivity index (χ3v) is 23.8. The number of aliphatic hydroxyl groups excluding tert-OH is 2. The number of hydrogen-bond donors (Lipinski definition) is 9. The predicted octanol–water partition coefficient (Wildman–Crippen LogP) is 20.2. The average molecular weight is 1860 g/mol. The number of aromatic nitrogens is 7. The molecule has 6 amide bonds. The van der Waals surface area contributed by atoms with Gasteiger partial charge in [0.2, 0.25) is 0 Å². The highest BCUT2D eigenvalue weighted by atomic mass is 35.5. The molecule has 0 unspecified atom stereocenters. The molecule has 648 valence electrons. The number of ether oxygens (including phenoxy) is 1. The standard InChI is InChI=1S/2C28H21Cl2N3O3.C24H26ClN5O2.C18H11ClN4OS/c2*29-22-11-9-18(15-21(22)24-7-3-4-12-31-24)32-28(36)20-10-8-17(13-23(20)30)27(35)33-26-19-6-2-1-5-16(19)14-25(26)34;25-21-7-6-19(16-20(21)22-4-1-2-9-26-22)29-24(31)18-5-8-23(28-17-18)27-10-3-11-30-12-14-32-15-13-30;19-14-6-5-12(10-13(14)15-3-1-2-8-20-15)21-18(24)11-4-7-17-16(9-11)22-23-25-17/h2*1-13,15,25-26,34H,14H2,(H,32,36)(H,33,35);1-2,4-9,16-17H,3,10-15H2,(H,27,28)(H,29,31);1-10H,(H,21,24)/t2*25-,26+;;/m10../s1. The summed E-state index contributed by atoms with van der Waals surface area (Å²) in [6, 6.07) is 75.2. The largest absolute Gasteiger partial charge is 0.390 e. The SMILES string of the molecule is O=C(N[C@@H]1c2ccccc2C[C@@H]1O)c1ccc(C(=O)Nc2ccc(Cl)c(-c3ccccn3)c2)c(Cl)c1.O=C(N[C@H]1c2ccccc2C[C@H]1O)c1ccc(C(=O)Nc2ccc(Cl)c(-c3ccccn3)c2)c(Cl)c1.O=C(Nc1ccc(Cl)c(-c2ccccn2)c1)c1ccc(NCCCN2CCOCC2)nc1.O=C(Nc1ccc(Cl)c(-c2ccccn2)c1)c1ccc2snnc2c1. The van der Waals surface area contributed by atoms with Crippen LogP contribution in [0.25, 0.3) is 55.2 Å². The Balaban J connectivity index is 0.000000133. The van der Waals surface area contributed by atoms with Gasteiger partial charge >= 0.3 is 0 Å². The van der Waals surface area contributed by atoms with Crippen LogP contribution < -0.4 is 37.2 Å². The second-order valence-corrected chi connectivity index (χ2v) is 33.0. The molecule has 6 aromatic heterocycles. The van der Waals surface area contributed by atoms with E-state index in [1.165, 1.54) is 47.9 Å². The molecule has 15 aromatic rings. The Morgan fingerprint density at radius 1 is 0.395 bits per heavy atom. The molecule has 1 aliphatic heterocycles. The van der Waals surface area contributed by atoms with Crippen LogP contribution >= 0.6 is 81.1 Å². The van der Waals surface area contributed by atoms with Crippen LogP contribution in [-0.4, -0.2) is 137 Å². The lowest BCUT2D eigenvalue weighted by Gasteiger charge is -2.26. The zero-order valence-electron chi connectivity index (χ0n) is 68.4. The molecule has 0 spiro atoms. The first kappa shape index (κ1) is 90.5. The van der Waals surface area contributed by atoms with Crippen LogP contribution in [0.3, 0.4) is 0 Å². The average Bonchev–Trinajstić information content (AvgIpc) is 1.65. The molecule has 9 aromatic carbocycles. The number of carbonyl (C=O) groups excluding carboxylic acids is 6. The molecule has 3 aliphatic rings. The Morgan fingerprint density at radius 2 is 0.783 bits per heavy atom. The number of fused-ring (bicyclic) bond motifs is 3. The number of amides is 6. The van der Waals surface area contributed by atoms with Gasteiger partial charge in [-0.05, 0) is 235 Å². The third-order valence-electron chi connectivity index (χ3n) is 21.2. The second-order valence-electron chi connectivity index (χ2n) is 29.8. The maximum atomic E-state index is 12.9. The number of nitrogens with one attached hydrogen (secondary N) is 7. The monoisotopic (exact) mass is 1850 g/mol. The molecule has 1 fully saturated rings. The molecule has 0 saturated carbocycles. The van der Waals surface area contributed by atoms with E-state index >= 15 is 0 Å². The molecule has 18 rings (SSSR count). The van der Waals surface area contributed by atoms with Crippen molar-refractivity contribution in [3.63, 3.8) is 0 Å². The molecule has 129 heavy (non-hydrogen) atoms. The number of morpholine rings is 1. The summed E-state index contributed by atoms with van der Waals surface area (Å²) in [5, 5.41) is 47.8. The van der Waals surface area contributed by atoms with Gasteiger partial charge in [-0.1, -0.05) is 147 Å². The van der Waals surface area contributed by atoms with E-state index < -0.39 is 36.1 Å². The second kappa shape index (κ2) is 43.0. The third kappa shape index (κ3) is 23.2. The molecule has 1 saturated heterocycles. The minimum atomic E-state index is -0.706. The van der Waals surface area contributed by atoms with Crippen molar-refractivity contribution in [1.29, 1.82) is 0 Å². The fourth-order valence-corrected chi connectivity index (χ4v) is 16.5. The molecule has 4 atom stereocenters. The fourth-order valence-electron chi connectivity index (χ4n) is 14.6. The normalized spacial score (nSPS) is 14.7. The van der Waals surface area contributed by atoms with Gasteiger partial charge in [0, 0.05) is 125 Å². The Hall–Kier alpha value is -13.3. The number of carbonyl (C=O) groups is 6. The van der Waals surface area contributed by atoms with E-state index in [2.05, 4.69) is 76.6 Å². The number of rotatable bonds is 21. The van der Waals surface area contributed by atoms with Crippen molar-refractivity contribution in [3.05, 3.63) is 378 Å². The first-order valence-electron chi connectivity index (χ1n) is 40.7. The zero-order valence-corrected chi connectivity index (χ0v) is 73.7. The minimum absolute atomic E-state index is 0.131. The molecular weight excluding hydrogens is 1780 g/mol. The molecule has 7 heterocycles. The van der Waals surface area contributed by atoms with Gasteiger partial charge in [0.25, 0.3) is 35.4 Å². The topological polar surface area (TPSA) is 330 Å². The number of anilines is 5. The van der Waals surface area contributed by atoms with Crippen molar-refractivity contribution in [2.24, 2.45) is 0 Å². The summed E-state index contributed by atoms with van der Waals surface area (Å²) < 4.78 is 10.2. The number of pyridine rings is 5. The Morgan fingerprint density at radius 3 is 1.19 bits per heavy atom. The molecular formula is C98H79Cl6N15O9S. The van der Waals surface area contributed by atoms with Crippen LogP contribution in [0.15, 0.2) is 292 Å². The van der Waals surface area contributed by atoms with Gasteiger partial charge in [-0.25, -0.2) is 4.98 Å². The van der Waals surface area contributed by atoms with Crippen LogP contribution in [0.2, 0.25) is 30.1 Å². The van der Waals surface area contributed by atoms with Gasteiger partial charge in [-0.3, -0.25) is 53.6 Å². The molecule has 24 nitrogen and oxygen atoms in total. The van der Waals surface area contributed by atoms with E-state index in [1.54, 1.807) is 110 Å². The minimum Gasteiger partial charge on any atom is -0.390 e. The summed E-state index contributed by atoms with van der Waals surface area (Å²) in [6.07, 6.45) is 8.90. The molecule has 0 bridgehead atoms. The maximum absolute atomic E-state index is 12.9. The van der Waals surface area contributed by atoms with Crippen molar-refractivity contribution in [2.75, 3.05) is 66.0 Å². The lowest BCUT2D eigenvalue weighted by atomic mass is 10.1. The number of aliphatic hydroxyl groups is 2. The summed E-state index contributed by atoms with van der Waals surface area (Å²) in [7, 11) is 0. The summed E-state index contributed by atoms with van der Waals surface area (Å²) in [4.78, 5) is 101. The Kier molecular flexibility index (Phi) is 30.2. The van der Waals surface area contributed by atoms with Crippen LogP contribution in [0, 0.1) is 0 Å². The van der Waals surface area contributed by atoms with E-state index in [0.29, 0.717) is 94.8 Å². The van der Waals surface area contributed by atoms with Crippen molar-refractivity contribution < 1.29 is 43.7 Å². The molecule has 2 aliphatic carbocycles. The molecule has 0 radical (unpaired) electrons. The first-order chi connectivity index (χ1) is 62.7. The fraction of sp³-hybridized carbons (Fsp3) is 0.133. The smallest absolute Gasteiger partial charge is 0.257 e. The number of hydrogen-bond acceptors (Lipinski definition) is 19. The van der Waals surface area contributed by atoms with E-state index in [1.807, 2.05) is 146 Å².